The average molecular weight is 413 g/mol. The average Bonchev–Trinajstić information content (AvgIpc) is 3.12. The summed E-state index contributed by atoms with van der Waals surface area (Å²) in [5.41, 5.74) is 0.261. The van der Waals surface area contributed by atoms with Gasteiger partial charge in [-0.15, -0.1) is 0 Å². The molecule has 0 atom stereocenters. The van der Waals surface area contributed by atoms with E-state index in [1.165, 1.54) is 23.6 Å². The molecular weight excluding hydrogens is 397 g/mol. The molecular formula is C16H16FN3O5S2. The molecule has 0 bridgehead atoms. The van der Waals surface area contributed by atoms with Crippen LogP contribution in [0.5, 0.6) is 0 Å². The minimum atomic E-state index is -3.77. The number of halogens is 1. The molecule has 0 spiro atoms. The lowest BCUT2D eigenvalue weighted by Gasteiger charge is -2.32. The van der Waals surface area contributed by atoms with Gasteiger partial charge in [0.25, 0.3) is 5.91 Å². The Hall–Kier alpha value is -2.37. The third-order valence-corrected chi connectivity index (χ3v) is 6.66. The lowest BCUT2D eigenvalue weighted by Crippen LogP contribution is -2.46. The largest absolute Gasteiger partial charge is 0.339 e. The number of hydrogen-bond acceptors (Lipinski definition) is 6. The third-order valence-electron chi connectivity index (χ3n) is 4.24. The molecule has 11 heteroatoms. The van der Waals surface area contributed by atoms with Crippen LogP contribution in [-0.4, -0.2) is 43.3 Å². The summed E-state index contributed by atoms with van der Waals surface area (Å²) >= 11 is 0.892. The molecule has 2 aromatic rings. The molecule has 1 saturated heterocycles. The number of hydrogen-bond donors (Lipinski definition) is 1. The SMILES string of the molecule is O=C(c1csc([N+](=O)[O-])c1)N1CCC(NS(=O)(=O)c2ccc(F)cc2)CC1. The van der Waals surface area contributed by atoms with Crippen molar-refractivity contribution in [1.29, 1.82) is 0 Å². The summed E-state index contributed by atoms with van der Waals surface area (Å²) in [6, 6.07) is 5.45. The van der Waals surface area contributed by atoms with Crippen LogP contribution in [0.2, 0.25) is 0 Å². The number of sulfonamides is 1. The van der Waals surface area contributed by atoms with Crippen LogP contribution in [0, 0.1) is 15.9 Å². The van der Waals surface area contributed by atoms with Crippen molar-refractivity contribution in [3.63, 3.8) is 0 Å². The molecule has 1 N–H and O–H groups in total. The van der Waals surface area contributed by atoms with Gasteiger partial charge in [0.2, 0.25) is 10.0 Å². The zero-order valence-electron chi connectivity index (χ0n) is 14.0. The highest BCUT2D eigenvalue weighted by molar-refractivity contribution is 7.89. The number of nitro groups is 1. The van der Waals surface area contributed by atoms with Crippen LogP contribution in [0.25, 0.3) is 0 Å². The van der Waals surface area contributed by atoms with E-state index in [9.17, 15) is 27.7 Å². The van der Waals surface area contributed by atoms with Crippen LogP contribution in [0.15, 0.2) is 40.6 Å². The third kappa shape index (κ3) is 4.49. The number of piperidine rings is 1. The molecule has 2 heterocycles. The first-order valence-electron chi connectivity index (χ1n) is 8.06. The maximum absolute atomic E-state index is 12.9. The van der Waals surface area contributed by atoms with Gasteiger partial charge in [-0.3, -0.25) is 14.9 Å². The number of nitrogens with zero attached hydrogens (tertiary/aromatic N) is 2. The summed E-state index contributed by atoms with van der Waals surface area (Å²) < 4.78 is 40.2. The van der Waals surface area contributed by atoms with Gasteiger partial charge in [-0.2, -0.15) is 0 Å². The maximum atomic E-state index is 12.9. The number of carbonyl (C=O) groups excluding carboxylic acids is 1. The van der Waals surface area contributed by atoms with Crippen molar-refractivity contribution in [3.8, 4) is 0 Å². The Morgan fingerprint density at radius 1 is 1.26 bits per heavy atom. The van der Waals surface area contributed by atoms with E-state index < -0.39 is 20.8 Å². The first-order chi connectivity index (χ1) is 12.8. The molecule has 1 aliphatic heterocycles. The van der Waals surface area contributed by atoms with E-state index in [4.69, 9.17) is 0 Å². The Bertz CT molecular complexity index is 951. The zero-order chi connectivity index (χ0) is 19.6. The summed E-state index contributed by atoms with van der Waals surface area (Å²) in [5, 5.41) is 12.1. The Kier molecular flexibility index (Phi) is 5.53. The van der Waals surface area contributed by atoms with Crippen molar-refractivity contribution in [1.82, 2.24) is 9.62 Å². The number of rotatable bonds is 5. The van der Waals surface area contributed by atoms with Gasteiger partial charge in [-0.05, 0) is 37.1 Å². The van der Waals surface area contributed by atoms with Crippen molar-refractivity contribution >= 4 is 32.3 Å². The lowest BCUT2D eigenvalue weighted by atomic mass is 10.1. The summed E-state index contributed by atoms with van der Waals surface area (Å²) in [6.07, 6.45) is 0.830. The Labute approximate surface area is 158 Å². The fourth-order valence-corrected chi connectivity index (χ4v) is 4.82. The summed E-state index contributed by atoms with van der Waals surface area (Å²) in [5.74, 6) is -0.825. The van der Waals surface area contributed by atoms with Crippen LogP contribution < -0.4 is 4.72 Å². The van der Waals surface area contributed by atoms with E-state index in [-0.39, 0.29) is 27.4 Å². The van der Waals surface area contributed by atoms with Gasteiger partial charge in [0.1, 0.15) is 5.82 Å². The van der Waals surface area contributed by atoms with Crippen LogP contribution >= 0.6 is 11.3 Å². The molecule has 1 aromatic heterocycles. The van der Waals surface area contributed by atoms with Crippen LogP contribution in [0.4, 0.5) is 9.39 Å². The Morgan fingerprint density at radius 3 is 2.44 bits per heavy atom. The fourth-order valence-electron chi connectivity index (χ4n) is 2.82. The molecule has 8 nitrogen and oxygen atoms in total. The van der Waals surface area contributed by atoms with E-state index >= 15 is 0 Å². The number of carbonyl (C=O) groups is 1. The number of nitrogens with one attached hydrogen (secondary N) is 1. The standard InChI is InChI=1S/C16H16FN3O5S2/c17-12-1-3-14(4-2-12)27(24,25)18-13-5-7-19(8-6-13)16(21)11-9-15(20(22)23)26-10-11/h1-4,9-10,13,18H,5-8H2. The van der Waals surface area contributed by atoms with Crippen molar-refractivity contribution in [2.24, 2.45) is 0 Å². The molecule has 1 aliphatic rings. The Morgan fingerprint density at radius 2 is 1.89 bits per heavy atom. The molecule has 1 amide bonds. The summed E-state index contributed by atoms with van der Waals surface area (Å²) in [6.45, 7) is 0.665. The molecule has 0 radical (unpaired) electrons. The predicted molar refractivity (Wildman–Crippen MR) is 96.6 cm³/mol. The van der Waals surface area contributed by atoms with Crippen LogP contribution in [0.1, 0.15) is 23.2 Å². The van der Waals surface area contributed by atoms with E-state index in [0.29, 0.717) is 25.9 Å². The van der Waals surface area contributed by atoms with Gasteiger partial charge < -0.3 is 4.90 Å². The minimum absolute atomic E-state index is 0.0204. The first-order valence-corrected chi connectivity index (χ1v) is 10.4. The van der Waals surface area contributed by atoms with E-state index in [0.717, 1.165) is 23.5 Å². The van der Waals surface area contributed by atoms with Gasteiger partial charge in [0.05, 0.1) is 15.4 Å². The van der Waals surface area contributed by atoms with Crippen molar-refractivity contribution < 1.29 is 22.5 Å². The van der Waals surface area contributed by atoms with Crippen molar-refractivity contribution in [2.75, 3.05) is 13.1 Å². The number of thiophene rings is 1. The second-order valence-corrected chi connectivity index (χ2v) is 8.68. The van der Waals surface area contributed by atoms with Gasteiger partial charge in [0, 0.05) is 30.6 Å². The highest BCUT2D eigenvalue weighted by atomic mass is 32.2. The van der Waals surface area contributed by atoms with E-state index in [1.807, 2.05) is 0 Å². The monoisotopic (exact) mass is 413 g/mol. The molecule has 27 heavy (non-hydrogen) atoms. The van der Waals surface area contributed by atoms with Crippen molar-refractivity contribution in [3.05, 3.63) is 57.2 Å². The predicted octanol–water partition coefficient (Wildman–Crippen LogP) is 2.38. The summed E-state index contributed by atoms with van der Waals surface area (Å²) in [4.78, 5) is 24.1. The molecule has 0 unspecified atom stereocenters. The highest BCUT2D eigenvalue weighted by Crippen LogP contribution is 2.25. The van der Waals surface area contributed by atoms with Crippen LogP contribution in [0.3, 0.4) is 0 Å². The normalized spacial score (nSPS) is 15.7. The fraction of sp³-hybridized carbons (Fsp3) is 0.312. The van der Waals surface area contributed by atoms with Crippen LogP contribution in [-0.2, 0) is 10.0 Å². The molecule has 0 saturated carbocycles. The molecule has 0 aliphatic carbocycles. The first kappa shape index (κ1) is 19.4. The van der Waals surface area contributed by atoms with Gasteiger partial charge in [-0.1, -0.05) is 11.3 Å². The topological polar surface area (TPSA) is 110 Å². The molecule has 1 aromatic carbocycles. The molecule has 3 rings (SSSR count). The quantitative estimate of drug-likeness (QED) is 0.598. The lowest BCUT2D eigenvalue weighted by molar-refractivity contribution is -0.380. The molecule has 1 fully saturated rings. The highest BCUT2D eigenvalue weighted by Gasteiger charge is 2.28. The minimum Gasteiger partial charge on any atom is -0.339 e. The number of likely N-dealkylation sites (tertiary alicyclic amines) is 1. The van der Waals surface area contributed by atoms with Gasteiger partial charge in [-0.25, -0.2) is 17.5 Å². The number of amides is 1. The summed E-state index contributed by atoms with van der Waals surface area (Å²) in [7, 11) is -3.77. The smallest absolute Gasteiger partial charge is 0.324 e. The van der Waals surface area contributed by atoms with Crippen molar-refractivity contribution in [2.45, 2.75) is 23.8 Å². The van der Waals surface area contributed by atoms with E-state index in [1.54, 1.807) is 4.90 Å². The van der Waals surface area contributed by atoms with Gasteiger partial charge >= 0.3 is 5.00 Å². The second kappa shape index (κ2) is 7.71. The number of benzene rings is 1. The molecule has 144 valence electrons. The maximum Gasteiger partial charge on any atom is 0.324 e. The second-order valence-electron chi connectivity index (χ2n) is 6.07. The zero-order valence-corrected chi connectivity index (χ0v) is 15.6. The Balaban J connectivity index is 1.59. The van der Waals surface area contributed by atoms with E-state index in [2.05, 4.69) is 4.72 Å². The van der Waals surface area contributed by atoms with Gasteiger partial charge in [0.15, 0.2) is 0 Å².